The molecule has 6 aromatic rings. The standard InChI is InChI=1S/C28H33N5O3S.C28H32N4O3S/c1-19-17-20-7-6-10-24(20)27(31-28(34)32-37(29,35)23-8-4-3-5-9-23)26(19)21-11-14-30-25(18-21)36-22-12-15-33(2)16-13-22;1-19-17-20-7-6-10-24(20)27(30-28(33)31-36(34)23-8-4-3-5-9-23)26(19)21-11-14-29-25(18-21)35-22-12-15-32(2)16-13-22/h3-5,8-9,11,14,17-18,22H,6-7,10,12-13,15-16H2,1-2H3,(H3,29,31,32,34,35);3-5,8-9,11,14,17-18,22H,6-7,10,12-13,15-16H2,1-2H3,(H2,30,31,33). The predicted octanol–water partition coefficient (Wildman–Crippen LogP) is 10.0. The van der Waals surface area contributed by atoms with Gasteiger partial charge in [-0.25, -0.2) is 37.5 Å². The molecule has 2 aliphatic heterocycles. The third-order valence-electron chi connectivity index (χ3n) is 14.1. The van der Waals surface area contributed by atoms with Gasteiger partial charge in [-0.05, 0) is 173 Å². The van der Waals surface area contributed by atoms with E-state index in [2.05, 4.69) is 73.0 Å². The maximum Gasteiger partial charge on any atom is 0.331 e. The molecule has 2 aromatic heterocycles. The third-order valence-corrected chi connectivity index (χ3v) is 16.6. The molecule has 4 aliphatic rings. The molecule has 0 saturated carbocycles. The SMILES string of the molecule is Cc1cc2c(c(NC(=O)NS(=N)(=O)c3ccccc3)c1-c1ccnc(OC3CCN(C)CC3)c1)CCC2.Cc1cc2c(c(NC(=O)NS(=O)c3ccccc3)c1-c1ccnc(OC3CCN(C)CC3)c1)CCC2. The van der Waals surface area contributed by atoms with Crippen LogP contribution in [0.15, 0.2) is 119 Å². The lowest BCUT2D eigenvalue weighted by Crippen LogP contribution is -2.35. The highest BCUT2D eigenvalue weighted by molar-refractivity contribution is 7.91. The normalized spacial score (nSPS) is 17.2. The first-order valence-electron chi connectivity index (χ1n) is 25.2. The minimum absolute atomic E-state index is 0.131. The van der Waals surface area contributed by atoms with Crippen molar-refractivity contribution in [3.63, 3.8) is 0 Å². The molecule has 2 unspecified atom stereocenters. The van der Waals surface area contributed by atoms with E-state index >= 15 is 0 Å². The lowest BCUT2D eigenvalue weighted by atomic mass is 9.93. The van der Waals surface area contributed by atoms with E-state index in [0.29, 0.717) is 22.3 Å². The number of aromatic nitrogens is 2. The fourth-order valence-electron chi connectivity index (χ4n) is 10.4. The zero-order chi connectivity index (χ0) is 51.1. The van der Waals surface area contributed by atoms with Gasteiger partial charge in [0.2, 0.25) is 11.8 Å². The van der Waals surface area contributed by atoms with Crippen molar-refractivity contribution in [2.75, 3.05) is 50.9 Å². The van der Waals surface area contributed by atoms with Crippen LogP contribution in [-0.4, -0.2) is 92.7 Å². The number of ether oxygens (including phenoxy) is 2. The fourth-order valence-corrected chi connectivity index (χ4v) is 12.1. The van der Waals surface area contributed by atoms with E-state index in [4.69, 9.17) is 14.3 Å². The third kappa shape index (κ3) is 12.6. The summed E-state index contributed by atoms with van der Waals surface area (Å²) in [5.41, 5.74) is 12.0. The second kappa shape index (κ2) is 23.0. The Hall–Kier alpha value is -6.66. The lowest BCUT2D eigenvalue weighted by Gasteiger charge is -2.29. The minimum Gasteiger partial charge on any atom is -0.474 e. The molecular formula is C56H65N9O6S2. The van der Waals surface area contributed by atoms with Gasteiger partial charge in [0, 0.05) is 61.8 Å². The van der Waals surface area contributed by atoms with E-state index in [1.807, 2.05) is 37.3 Å². The van der Waals surface area contributed by atoms with Gasteiger partial charge in [0.25, 0.3) is 0 Å². The quantitative estimate of drug-likeness (QED) is 0.0789. The number of anilines is 2. The molecule has 17 heteroatoms. The van der Waals surface area contributed by atoms with Crippen molar-refractivity contribution in [1.82, 2.24) is 29.2 Å². The molecule has 0 radical (unpaired) electrons. The van der Waals surface area contributed by atoms with Crippen LogP contribution in [0.2, 0.25) is 0 Å². The summed E-state index contributed by atoms with van der Waals surface area (Å²) in [5.74, 6) is 1.17. The number of piperidine rings is 2. The number of rotatable bonds is 12. The van der Waals surface area contributed by atoms with Crippen molar-refractivity contribution in [2.24, 2.45) is 0 Å². The van der Waals surface area contributed by atoms with Crippen LogP contribution in [0.25, 0.3) is 22.3 Å². The maximum atomic E-state index is 13.1. The van der Waals surface area contributed by atoms with Crippen molar-refractivity contribution in [3.8, 4) is 34.0 Å². The first-order valence-corrected chi connectivity index (χ1v) is 27.9. The van der Waals surface area contributed by atoms with Gasteiger partial charge >= 0.3 is 12.1 Å². The molecule has 2 aliphatic carbocycles. The number of aryl methyl sites for hydroxylation is 4. The van der Waals surface area contributed by atoms with Crippen molar-refractivity contribution in [1.29, 1.82) is 4.78 Å². The van der Waals surface area contributed by atoms with Crippen LogP contribution in [0.1, 0.15) is 71.9 Å². The predicted molar refractivity (Wildman–Crippen MR) is 288 cm³/mol. The van der Waals surface area contributed by atoms with Gasteiger partial charge < -0.3 is 29.9 Å². The number of carbonyl (C=O) groups excluding carboxylic acids is 2. The number of pyridine rings is 2. The summed E-state index contributed by atoms with van der Waals surface area (Å²) >= 11 is 0. The van der Waals surface area contributed by atoms with Gasteiger partial charge in [0.1, 0.15) is 12.2 Å². The second-order valence-corrected chi connectivity index (χ2v) is 22.4. The zero-order valence-electron chi connectivity index (χ0n) is 42.0. The molecular weight excluding hydrogens is 959 g/mol. The van der Waals surface area contributed by atoms with Crippen molar-refractivity contribution in [3.05, 3.63) is 143 Å². The van der Waals surface area contributed by atoms with Gasteiger partial charge in [0.05, 0.1) is 21.2 Å². The Balaban J connectivity index is 0.000000180. The Morgan fingerprint density at radius 1 is 0.644 bits per heavy atom. The average Bonchev–Trinajstić information content (AvgIpc) is 4.06. The van der Waals surface area contributed by atoms with Crippen molar-refractivity contribution < 1.29 is 27.5 Å². The van der Waals surface area contributed by atoms with Gasteiger partial charge in [-0.2, -0.15) is 0 Å². The molecule has 2 fully saturated rings. The molecule has 5 N–H and O–H groups in total. The van der Waals surface area contributed by atoms with Gasteiger partial charge in [0.15, 0.2) is 20.9 Å². The summed E-state index contributed by atoms with van der Waals surface area (Å²) in [5, 5.41) is 6.01. The molecule has 73 heavy (non-hydrogen) atoms. The van der Waals surface area contributed by atoms with Crippen LogP contribution in [0.3, 0.4) is 0 Å². The maximum absolute atomic E-state index is 13.1. The van der Waals surface area contributed by atoms with E-state index in [1.54, 1.807) is 67.0 Å². The molecule has 4 heterocycles. The Labute approximate surface area is 431 Å². The van der Waals surface area contributed by atoms with E-state index in [-0.39, 0.29) is 17.1 Å². The van der Waals surface area contributed by atoms with Crippen LogP contribution in [0, 0.1) is 18.6 Å². The van der Waals surface area contributed by atoms with Crippen LogP contribution >= 0.6 is 0 Å². The average molecular weight is 1020 g/mol. The van der Waals surface area contributed by atoms with E-state index < -0.39 is 33.0 Å². The first kappa shape index (κ1) is 51.2. The molecule has 382 valence electrons. The molecule has 10 rings (SSSR count). The molecule has 0 bridgehead atoms. The van der Waals surface area contributed by atoms with E-state index in [9.17, 15) is 18.0 Å². The number of hydrogen-bond donors (Lipinski definition) is 5. The largest absolute Gasteiger partial charge is 0.474 e. The van der Waals surface area contributed by atoms with Crippen molar-refractivity contribution >= 4 is 44.3 Å². The number of fused-ring (bicyclic) bond motifs is 2. The van der Waals surface area contributed by atoms with E-state index in [1.165, 1.54) is 11.1 Å². The number of nitrogens with zero attached hydrogens (tertiary/aromatic N) is 4. The first-order chi connectivity index (χ1) is 35.3. The van der Waals surface area contributed by atoms with Crippen LogP contribution in [0.4, 0.5) is 21.0 Å². The number of benzene rings is 4. The molecule has 0 spiro atoms. The molecule has 4 aromatic carbocycles. The summed E-state index contributed by atoms with van der Waals surface area (Å²) in [6, 6.07) is 28.3. The van der Waals surface area contributed by atoms with Gasteiger partial charge in [-0.1, -0.05) is 48.5 Å². The van der Waals surface area contributed by atoms with Gasteiger partial charge in [-0.3, -0.25) is 4.72 Å². The van der Waals surface area contributed by atoms with Crippen LogP contribution in [-0.2, 0) is 46.6 Å². The smallest absolute Gasteiger partial charge is 0.331 e. The number of nitrogens with one attached hydrogen (secondary N) is 5. The topological polar surface area (TPSA) is 191 Å². The van der Waals surface area contributed by atoms with Crippen LogP contribution in [0.5, 0.6) is 11.8 Å². The second-order valence-electron chi connectivity index (χ2n) is 19.4. The Morgan fingerprint density at radius 3 is 1.58 bits per heavy atom. The lowest BCUT2D eigenvalue weighted by molar-refractivity contribution is 0.110. The monoisotopic (exact) mass is 1020 g/mol. The van der Waals surface area contributed by atoms with Crippen LogP contribution < -0.4 is 29.6 Å². The molecule has 4 amide bonds. The Kier molecular flexibility index (Phi) is 16.2. The summed E-state index contributed by atoms with van der Waals surface area (Å²) in [6.07, 6.45) is 13.4. The highest BCUT2D eigenvalue weighted by atomic mass is 32.2. The number of carbonyl (C=O) groups is 2. The van der Waals surface area contributed by atoms with E-state index in [0.717, 1.165) is 141 Å². The highest BCUT2D eigenvalue weighted by Gasteiger charge is 2.27. The van der Waals surface area contributed by atoms with Gasteiger partial charge in [-0.15, -0.1) is 0 Å². The molecule has 2 atom stereocenters. The number of likely N-dealkylation sites (tertiary alicyclic amines) is 2. The minimum atomic E-state index is -3.50. The molecule has 15 nitrogen and oxygen atoms in total. The summed E-state index contributed by atoms with van der Waals surface area (Å²) in [6.45, 7) is 8.13. The number of hydrogen-bond acceptors (Lipinski definition) is 11. The summed E-state index contributed by atoms with van der Waals surface area (Å²) < 4.78 is 51.3. The zero-order valence-corrected chi connectivity index (χ0v) is 43.6. The Morgan fingerprint density at radius 2 is 1.10 bits per heavy atom. The summed E-state index contributed by atoms with van der Waals surface area (Å²) in [4.78, 5) is 40.4. The number of amides is 4. The summed E-state index contributed by atoms with van der Waals surface area (Å²) in [7, 11) is -0.901. The number of urea groups is 2. The fraction of sp³-hybridized carbons (Fsp3) is 0.357. The van der Waals surface area contributed by atoms with Crippen molar-refractivity contribution in [2.45, 2.75) is 100 Å². The Bertz CT molecular complexity index is 3090. The molecule has 2 saturated heterocycles. The highest BCUT2D eigenvalue weighted by Crippen LogP contribution is 2.42.